The standard InChI is InChI=1S/C13H21NO4S/c1-3-11(4-2)10-19(16,17)14-13(15)8-7-12-6-5-9-18-12/h5-6,9,11H,3-4,7-8,10H2,1-2H3,(H,14,15). The SMILES string of the molecule is CCC(CC)CS(=O)(=O)NC(=O)CCc1ccco1. The summed E-state index contributed by atoms with van der Waals surface area (Å²) in [7, 11) is -3.53. The Morgan fingerprint density at radius 3 is 2.58 bits per heavy atom. The van der Waals surface area contributed by atoms with Crippen LogP contribution in [0.2, 0.25) is 0 Å². The number of sulfonamides is 1. The van der Waals surface area contributed by atoms with Crippen LogP contribution in [0, 0.1) is 5.92 Å². The van der Waals surface area contributed by atoms with Crippen LogP contribution >= 0.6 is 0 Å². The molecule has 1 aromatic heterocycles. The number of hydrogen-bond donors (Lipinski definition) is 1. The van der Waals surface area contributed by atoms with Crippen LogP contribution in [0.4, 0.5) is 0 Å². The van der Waals surface area contributed by atoms with Crippen molar-refractivity contribution in [2.45, 2.75) is 39.5 Å². The summed E-state index contributed by atoms with van der Waals surface area (Å²) in [4.78, 5) is 11.6. The number of aryl methyl sites for hydroxylation is 1. The molecule has 108 valence electrons. The number of carbonyl (C=O) groups excluding carboxylic acids is 1. The van der Waals surface area contributed by atoms with Crippen molar-refractivity contribution in [2.75, 3.05) is 5.75 Å². The lowest BCUT2D eigenvalue weighted by molar-refractivity contribution is -0.119. The Kier molecular flexibility index (Phi) is 6.08. The van der Waals surface area contributed by atoms with Gasteiger partial charge >= 0.3 is 0 Å². The molecular weight excluding hydrogens is 266 g/mol. The molecule has 0 fully saturated rings. The zero-order valence-corrected chi connectivity index (χ0v) is 12.2. The van der Waals surface area contributed by atoms with Gasteiger partial charge in [-0.15, -0.1) is 0 Å². The number of carbonyl (C=O) groups is 1. The van der Waals surface area contributed by atoms with Gasteiger partial charge in [0.25, 0.3) is 0 Å². The fourth-order valence-electron chi connectivity index (χ4n) is 1.79. The summed E-state index contributed by atoms with van der Waals surface area (Å²) in [6.07, 6.45) is 3.61. The highest BCUT2D eigenvalue weighted by atomic mass is 32.2. The van der Waals surface area contributed by atoms with Crippen molar-refractivity contribution in [1.82, 2.24) is 4.72 Å². The molecule has 0 aromatic carbocycles. The minimum atomic E-state index is -3.53. The van der Waals surface area contributed by atoms with Gasteiger partial charge < -0.3 is 4.42 Å². The third kappa shape index (κ3) is 5.92. The molecule has 6 heteroatoms. The van der Waals surface area contributed by atoms with E-state index >= 15 is 0 Å². The van der Waals surface area contributed by atoms with E-state index in [9.17, 15) is 13.2 Å². The van der Waals surface area contributed by atoms with Crippen LogP contribution in [0.5, 0.6) is 0 Å². The summed E-state index contributed by atoms with van der Waals surface area (Å²) in [5, 5.41) is 0. The predicted molar refractivity (Wildman–Crippen MR) is 73.0 cm³/mol. The first-order chi connectivity index (χ1) is 8.96. The normalized spacial score (nSPS) is 11.7. The van der Waals surface area contributed by atoms with E-state index in [0.29, 0.717) is 12.2 Å². The molecule has 0 unspecified atom stereocenters. The lowest BCUT2D eigenvalue weighted by Gasteiger charge is -2.13. The van der Waals surface area contributed by atoms with Gasteiger partial charge in [-0.25, -0.2) is 8.42 Å². The van der Waals surface area contributed by atoms with Gasteiger partial charge in [-0.1, -0.05) is 26.7 Å². The number of rotatable bonds is 8. The topological polar surface area (TPSA) is 76.4 Å². The third-order valence-corrected chi connectivity index (χ3v) is 4.51. The summed E-state index contributed by atoms with van der Waals surface area (Å²) in [6, 6.07) is 3.49. The van der Waals surface area contributed by atoms with E-state index in [-0.39, 0.29) is 18.1 Å². The predicted octanol–water partition coefficient (Wildman–Crippen LogP) is 2.09. The molecule has 0 spiro atoms. The first kappa shape index (κ1) is 15.8. The van der Waals surface area contributed by atoms with E-state index in [2.05, 4.69) is 4.72 Å². The Morgan fingerprint density at radius 1 is 1.37 bits per heavy atom. The molecule has 0 aliphatic rings. The molecule has 1 heterocycles. The summed E-state index contributed by atoms with van der Waals surface area (Å²) >= 11 is 0. The minimum Gasteiger partial charge on any atom is -0.469 e. The van der Waals surface area contributed by atoms with Crippen LogP contribution in [0.3, 0.4) is 0 Å². The molecule has 0 saturated carbocycles. The summed E-state index contributed by atoms with van der Waals surface area (Å²) in [5.41, 5.74) is 0. The van der Waals surface area contributed by atoms with E-state index in [4.69, 9.17) is 4.42 Å². The maximum atomic E-state index is 11.8. The smallest absolute Gasteiger partial charge is 0.235 e. The molecule has 0 bridgehead atoms. The van der Waals surface area contributed by atoms with E-state index < -0.39 is 15.9 Å². The van der Waals surface area contributed by atoms with Crippen LogP contribution < -0.4 is 4.72 Å². The van der Waals surface area contributed by atoms with Crippen molar-refractivity contribution >= 4 is 15.9 Å². The molecule has 1 aromatic rings. The number of furan rings is 1. The molecule has 0 aliphatic heterocycles. The average molecular weight is 287 g/mol. The summed E-state index contributed by atoms with van der Waals surface area (Å²) in [5.74, 6) is 0.289. The largest absolute Gasteiger partial charge is 0.469 e. The molecule has 0 atom stereocenters. The van der Waals surface area contributed by atoms with Crippen molar-refractivity contribution in [2.24, 2.45) is 5.92 Å². The fraction of sp³-hybridized carbons (Fsp3) is 0.615. The zero-order valence-electron chi connectivity index (χ0n) is 11.4. The number of nitrogens with one attached hydrogen (secondary N) is 1. The van der Waals surface area contributed by atoms with E-state index in [1.807, 2.05) is 13.8 Å². The lowest BCUT2D eigenvalue weighted by Crippen LogP contribution is -2.34. The van der Waals surface area contributed by atoms with Gasteiger partial charge in [0.1, 0.15) is 5.76 Å². The maximum absolute atomic E-state index is 11.8. The van der Waals surface area contributed by atoms with E-state index in [1.54, 1.807) is 12.1 Å². The van der Waals surface area contributed by atoms with Crippen molar-refractivity contribution in [1.29, 1.82) is 0 Å². The Labute approximate surface area is 114 Å². The van der Waals surface area contributed by atoms with Gasteiger partial charge in [-0.2, -0.15) is 0 Å². The molecule has 0 radical (unpaired) electrons. The molecule has 0 saturated heterocycles. The van der Waals surface area contributed by atoms with Gasteiger partial charge in [-0.3, -0.25) is 9.52 Å². The third-order valence-electron chi connectivity index (χ3n) is 3.06. The van der Waals surface area contributed by atoms with Crippen LogP contribution in [-0.4, -0.2) is 20.1 Å². The Bertz CT molecular complexity index is 475. The molecule has 1 amide bonds. The molecule has 0 aliphatic carbocycles. The van der Waals surface area contributed by atoms with Gasteiger partial charge in [-0.05, 0) is 18.1 Å². The first-order valence-corrected chi connectivity index (χ1v) is 8.17. The molecule has 5 nitrogen and oxygen atoms in total. The van der Waals surface area contributed by atoms with Crippen molar-refractivity contribution in [3.8, 4) is 0 Å². The van der Waals surface area contributed by atoms with Gasteiger partial charge in [0, 0.05) is 12.8 Å². The fourth-order valence-corrected chi connectivity index (χ4v) is 3.42. The molecule has 1 rings (SSSR count). The van der Waals surface area contributed by atoms with Crippen LogP contribution in [0.15, 0.2) is 22.8 Å². The lowest BCUT2D eigenvalue weighted by atomic mass is 10.1. The zero-order chi connectivity index (χ0) is 14.3. The Hall–Kier alpha value is -1.30. The van der Waals surface area contributed by atoms with Crippen molar-refractivity contribution in [3.63, 3.8) is 0 Å². The molecular formula is C13H21NO4S. The monoisotopic (exact) mass is 287 g/mol. The second-order valence-corrected chi connectivity index (χ2v) is 6.34. The number of amides is 1. The first-order valence-electron chi connectivity index (χ1n) is 6.52. The molecule has 1 N–H and O–H groups in total. The number of hydrogen-bond acceptors (Lipinski definition) is 4. The average Bonchev–Trinajstić information content (AvgIpc) is 2.86. The van der Waals surface area contributed by atoms with Crippen LogP contribution in [0.25, 0.3) is 0 Å². The highest BCUT2D eigenvalue weighted by molar-refractivity contribution is 7.90. The van der Waals surface area contributed by atoms with E-state index in [1.165, 1.54) is 6.26 Å². The minimum absolute atomic E-state index is 0.00644. The van der Waals surface area contributed by atoms with Gasteiger partial charge in [0.2, 0.25) is 15.9 Å². The molecule has 19 heavy (non-hydrogen) atoms. The van der Waals surface area contributed by atoms with Gasteiger partial charge in [0.05, 0.1) is 12.0 Å². The Balaban J connectivity index is 2.42. The summed E-state index contributed by atoms with van der Waals surface area (Å²) in [6.45, 7) is 3.89. The van der Waals surface area contributed by atoms with E-state index in [0.717, 1.165) is 12.8 Å². The second kappa shape index (κ2) is 7.33. The van der Waals surface area contributed by atoms with Crippen molar-refractivity contribution < 1.29 is 17.6 Å². The maximum Gasteiger partial charge on any atom is 0.235 e. The van der Waals surface area contributed by atoms with Crippen LogP contribution in [-0.2, 0) is 21.2 Å². The second-order valence-electron chi connectivity index (χ2n) is 4.57. The summed E-state index contributed by atoms with van der Waals surface area (Å²) < 4.78 is 30.7. The van der Waals surface area contributed by atoms with Crippen LogP contribution in [0.1, 0.15) is 38.9 Å². The highest BCUT2D eigenvalue weighted by Gasteiger charge is 2.19. The highest BCUT2D eigenvalue weighted by Crippen LogP contribution is 2.10. The quantitative estimate of drug-likeness (QED) is 0.794. The van der Waals surface area contributed by atoms with Crippen molar-refractivity contribution in [3.05, 3.63) is 24.2 Å². The van der Waals surface area contributed by atoms with Gasteiger partial charge in [0.15, 0.2) is 0 Å². The Morgan fingerprint density at radius 2 is 2.05 bits per heavy atom.